The number of nitrogens with zero attached hydrogens (tertiary/aromatic N) is 6. The zero-order valence-electron chi connectivity index (χ0n) is 44.3. The molecule has 87 heavy (non-hydrogen) atoms. The summed E-state index contributed by atoms with van der Waals surface area (Å²) < 4.78 is 22.9. The molecule has 0 atom stereocenters. The number of hydrogen-bond acceptors (Lipinski definition) is 22. The predicted octanol–water partition coefficient (Wildman–Crippen LogP) is 4.52. The second kappa shape index (κ2) is 32.7. The third-order valence-electron chi connectivity index (χ3n) is 10.6. The van der Waals surface area contributed by atoms with E-state index < -0.39 is 43.3 Å². The molecule has 0 saturated heterocycles. The van der Waals surface area contributed by atoms with Gasteiger partial charge in [-0.2, -0.15) is 0 Å². The minimum Gasteiger partial charge on any atom is -0.493 e. The van der Waals surface area contributed by atoms with Crippen LogP contribution >= 0.6 is 48.9 Å². The molecule has 0 aliphatic rings. The molecule has 6 aromatic rings. The Morgan fingerprint density at radius 3 is 0.862 bits per heavy atom. The van der Waals surface area contributed by atoms with Crippen molar-refractivity contribution in [3.8, 4) is 11.5 Å². The van der Waals surface area contributed by atoms with Crippen LogP contribution in [-0.2, 0) is 9.47 Å². The number of nitro benzene ring substituents is 4. The first-order chi connectivity index (χ1) is 41.7. The number of non-ortho nitro benzene ring substituents is 4. The lowest BCUT2D eigenvalue weighted by Gasteiger charge is -2.14. The van der Waals surface area contributed by atoms with E-state index in [1.165, 1.54) is 121 Å². The number of rotatable bonds is 24. The Kier molecular flexibility index (Phi) is 24.5. The minimum absolute atomic E-state index is 0.00913. The Hall–Kier alpha value is -11.1. The summed E-state index contributed by atoms with van der Waals surface area (Å²) in [5.74, 6) is -3.41. The quantitative estimate of drug-likeness (QED) is 0.0171. The van der Waals surface area contributed by atoms with Crippen LogP contribution < -0.4 is 74.1 Å². The van der Waals surface area contributed by atoms with Crippen molar-refractivity contribution >= 4 is 138 Å². The smallest absolute Gasteiger partial charge is 0.288 e. The molecule has 0 unspecified atom stereocenters. The van der Waals surface area contributed by atoms with E-state index in [9.17, 15) is 59.6 Å². The number of aromatic nitrogens is 2. The molecule has 34 nitrogen and oxygen atoms in total. The summed E-state index contributed by atoms with van der Waals surface area (Å²) in [6.45, 7) is 0.346. The average Bonchev–Trinajstić information content (AvgIpc) is 3.71. The van der Waals surface area contributed by atoms with E-state index in [-0.39, 0.29) is 117 Å². The van der Waals surface area contributed by atoms with Crippen LogP contribution in [0.4, 0.5) is 45.5 Å². The van der Waals surface area contributed by atoms with E-state index in [2.05, 4.69) is 74.6 Å². The minimum atomic E-state index is -0.870. The van der Waals surface area contributed by atoms with Gasteiger partial charge in [-0.15, -0.1) is 0 Å². The molecule has 12 N–H and O–H groups in total. The van der Waals surface area contributed by atoms with Crippen LogP contribution in [0, 0.1) is 40.5 Å². The first-order valence-corrected chi connectivity index (χ1v) is 26.3. The van der Waals surface area contributed by atoms with Crippen molar-refractivity contribution in [1.82, 2.24) is 53.4 Å². The van der Waals surface area contributed by atoms with Crippen molar-refractivity contribution in [3.05, 3.63) is 185 Å². The van der Waals surface area contributed by atoms with Crippen LogP contribution in [0.3, 0.4) is 0 Å². The fourth-order valence-electron chi connectivity index (χ4n) is 6.56. The summed E-state index contributed by atoms with van der Waals surface area (Å²) >= 11 is 20.9. The number of hydrazine groups is 4. The predicted molar refractivity (Wildman–Crippen MR) is 325 cm³/mol. The third kappa shape index (κ3) is 21.9. The number of carbonyl (C=O) groups is 4. The fraction of sp³-hybridized carbons (Fsp3) is 0.143. The number of thiocarbonyl (C=S) groups is 4. The van der Waals surface area contributed by atoms with Crippen LogP contribution in [0.2, 0.25) is 0 Å². The maximum Gasteiger partial charge on any atom is 0.288 e. The molecule has 2 heterocycles. The molecule has 0 spiro atoms. The Morgan fingerprint density at radius 2 is 0.598 bits per heavy atom. The summed E-state index contributed by atoms with van der Waals surface area (Å²) in [4.78, 5) is 103. The third-order valence-corrected chi connectivity index (χ3v) is 11.4. The van der Waals surface area contributed by atoms with Gasteiger partial charge in [0.25, 0.3) is 46.4 Å². The van der Waals surface area contributed by atoms with E-state index in [0.717, 1.165) is 0 Å². The van der Waals surface area contributed by atoms with E-state index in [1.54, 1.807) is 0 Å². The number of hydrogen-bond donors (Lipinski definition) is 12. The van der Waals surface area contributed by atoms with Gasteiger partial charge in [-0.1, -0.05) is 0 Å². The van der Waals surface area contributed by atoms with Gasteiger partial charge >= 0.3 is 0 Å². The highest BCUT2D eigenvalue weighted by Crippen LogP contribution is 2.21. The molecule has 0 aliphatic heterocycles. The molecule has 452 valence electrons. The van der Waals surface area contributed by atoms with Crippen molar-refractivity contribution in [3.63, 3.8) is 0 Å². The Labute approximate surface area is 510 Å². The van der Waals surface area contributed by atoms with Gasteiger partial charge in [0.05, 0.1) is 46.1 Å². The highest BCUT2D eigenvalue weighted by atomic mass is 32.1. The summed E-state index contributed by atoms with van der Waals surface area (Å²) in [6, 6.07) is 26.1. The van der Waals surface area contributed by atoms with Crippen molar-refractivity contribution in [2.24, 2.45) is 0 Å². The topological polar surface area (TPSA) is 448 Å². The normalized spacial score (nSPS) is 10.3. The lowest BCUT2D eigenvalue weighted by Crippen LogP contribution is -2.45. The summed E-state index contributed by atoms with van der Waals surface area (Å²) in [7, 11) is 0. The van der Waals surface area contributed by atoms with Gasteiger partial charge in [-0.05, 0) is 97.4 Å². The number of pyridine rings is 2. The molecular weight excluding hydrogens is 1220 g/mol. The molecule has 4 amide bonds. The van der Waals surface area contributed by atoms with Gasteiger partial charge in [0.1, 0.15) is 40.9 Å². The van der Waals surface area contributed by atoms with E-state index in [0.29, 0.717) is 29.2 Å². The highest BCUT2D eigenvalue weighted by Gasteiger charge is 2.20. The highest BCUT2D eigenvalue weighted by molar-refractivity contribution is 7.81. The molecule has 4 aromatic carbocycles. The Bertz CT molecular complexity index is 3120. The molecule has 0 radical (unpaired) electrons. The van der Waals surface area contributed by atoms with Crippen molar-refractivity contribution in [2.75, 3.05) is 60.9 Å². The number of anilines is 4. The van der Waals surface area contributed by atoms with E-state index >= 15 is 0 Å². The van der Waals surface area contributed by atoms with Crippen LogP contribution in [0.5, 0.6) is 11.5 Å². The van der Waals surface area contributed by atoms with Crippen molar-refractivity contribution in [1.29, 1.82) is 0 Å². The number of amides is 4. The Balaban J connectivity index is 0.979. The zero-order valence-corrected chi connectivity index (χ0v) is 47.6. The van der Waals surface area contributed by atoms with E-state index in [1.807, 2.05) is 0 Å². The molecule has 0 aliphatic carbocycles. The number of carbonyl (C=O) groups excluding carboxylic acids is 4. The molecule has 6 rings (SSSR count). The molecule has 0 saturated carbocycles. The van der Waals surface area contributed by atoms with Crippen LogP contribution in [0.25, 0.3) is 0 Å². The number of nitrogens with one attached hydrogen (secondary N) is 12. The summed E-state index contributed by atoms with van der Waals surface area (Å²) in [5.41, 5.74) is 18.9. The molecule has 0 fully saturated rings. The lowest BCUT2D eigenvalue weighted by molar-refractivity contribution is -0.385. The first-order valence-electron chi connectivity index (χ1n) is 24.6. The van der Waals surface area contributed by atoms with Gasteiger partial charge in [0, 0.05) is 109 Å². The number of nitro groups is 4. The molecular formula is C49H46N18O16S4. The second-order valence-corrected chi connectivity index (χ2v) is 18.4. The van der Waals surface area contributed by atoms with Gasteiger partial charge in [0.2, 0.25) is 0 Å². The summed E-state index contributed by atoms with van der Waals surface area (Å²) in [6.07, 6.45) is 0.311. The largest absolute Gasteiger partial charge is 0.493 e. The molecule has 0 bridgehead atoms. The van der Waals surface area contributed by atoms with Crippen LogP contribution in [-0.4, -0.2) is 113 Å². The number of benzene rings is 4. The van der Waals surface area contributed by atoms with Crippen molar-refractivity contribution < 1.29 is 57.8 Å². The summed E-state index contributed by atoms with van der Waals surface area (Å²) in [5, 5.41) is 54.6. The van der Waals surface area contributed by atoms with Gasteiger partial charge in [-0.3, -0.25) is 103 Å². The number of ether oxygens (including phenoxy) is 4. The van der Waals surface area contributed by atoms with Crippen LogP contribution in [0.15, 0.2) is 121 Å². The maximum atomic E-state index is 13.3. The van der Waals surface area contributed by atoms with Gasteiger partial charge < -0.3 is 40.2 Å². The lowest BCUT2D eigenvalue weighted by atomic mass is 10.2. The van der Waals surface area contributed by atoms with Gasteiger partial charge in [0.15, 0.2) is 20.4 Å². The Morgan fingerprint density at radius 1 is 0.356 bits per heavy atom. The average molecular weight is 1270 g/mol. The standard InChI is InChI=1S/C49H46N18O16S4/c68-42(56-60-46(84)50-28-2-10-32(11-3-28)64(72)73)38-24-36(25-39(54-38)43(69)57-61-47(85)51-29-4-12-33(13-5-29)65(74)75)82-19-1-18-80-20-21-81-22-23-83-37-26-40(44(70)58-62-48(86)52-30-6-14-34(15-7-30)66(76)77)55-41(27-37)45(71)59-63-49(87)53-31-8-16-35(17-9-31)67(78)79/h2-17,24-27H,1,18-23H2,(H,56,68)(H,57,69)(H,58,70)(H,59,71)(H2,50,60,84)(H2,51,61,85)(H2,52,62,86)(H2,53,63,87). The zero-order chi connectivity index (χ0) is 62.8. The first kappa shape index (κ1) is 65.1. The SMILES string of the molecule is O=C(NNC(=S)Nc1ccc([N+](=O)[O-])cc1)c1cc(OCCCOCCOCCOc2cc(C(=O)NNC(=S)Nc3ccc([N+](=O)[O-])cc3)nc(C(=O)NNC(=S)Nc3ccc([N+](=O)[O-])cc3)c2)cc(C(=O)NNC(=S)Nc2ccc([N+](=O)[O-])cc2)n1. The second-order valence-electron chi connectivity index (χ2n) is 16.8. The monoisotopic (exact) mass is 1270 g/mol. The molecule has 2 aromatic heterocycles. The molecule has 38 heteroatoms. The van der Waals surface area contributed by atoms with Crippen molar-refractivity contribution in [2.45, 2.75) is 6.42 Å². The fourth-order valence-corrected chi connectivity index (χ4v) is 7.24. The van der Waals surface area contributed by atoms with E-state index in [4.69, 9.17) is 67.8 Å². The van der Waals surface area contributed by atoms with Gasteiger partial charge in [-0.25, -0.2) is 9.97 Å². The maximum absolute atomic E-state index is 13.3. The van der Waals surface area contributed by atoms with Crippen LogP contribution in [0.1, 0.15) is 48.4 Å².